The number of hydrogen-bond donors (Lipinski definition) is 6. The molecule has 0 spiro atoms. The van der Waals surface area contributed by atoms with E-state index in [-0.39, 0.29) is 50.9 Å². The molecule has 6 rings (SSSR count). The van der Waals surface area contributed by atoms with Crippen molar-refractivity contribution in [3.63, 3.8) is 0 Å². The van der Waals surface area contributed by atoms with Gasteiger partial charge in [0, 0.05) is 6.92 Å². The summed E-state index contributed by atoms with van der Waals surface area (Å²) >= 11 is 0. The van der Waals surface area contributed by atoms with Crippen LogP contribution in [0.25, 0.3) is 0 Å². The minimum atomic E-state index is -1.37. The molecule has 1 heterocycles. The third kappa shape index (κ3) is 5.01. The molecule has 5 fully saturated rings. The molecule has 0 bridgehead atoms. The van der Waals surface area contributed by atoms with E-state index in [0.717, 1.165) is 44.9 Å². The number of aliphatic carboxylic acids is 1. The third-order valence-electron chi connectivity index (χ3n) is 15.6. The van der Waals surface area contributed by atoms with Crippen LogP contribution in [0.4, 0.5) is 0 Å². The monoisotopic (exact) mass is 675 g/mol. The molecular weight excluding hydrogens is 614 g/mol. The second kappa shape index (κ2) is 11.7. The number of carboxylic acid groups (broad SMARTS) is 1. The van der Waals surface area contributed by atoms with Gasteiger partial charge in [-0.3, -0.25) is 9.59 Å². The van der Waals surface area contributed by atoms with E-state index in [2.05, 4.69) is 59.9 Å². The van der Waals surface area contributed by atoms with Crippen molar-refractivity contribution < 1.29 is 44.6 Å². The molecule has 10 nitrogen and oxygen atoms in total. The molecule has 1 amide bonds. The minimum absolute atomic E-state index is 0.0124. The maximum atomic E-state index is 13.0. The van der Waals surface area contributed by atoms with Gasteiger partial charge in [0.15, 0.2) is 6.29 Å². The van der Waals surface area contributed by atoms with Gasteiger partial charge in [0.25, 0.3) is 0 Å². The Hall–Kier alpha value is -1.56. The maximum absolute atomic E-state index is 13.0. The van der Waals surface area contributed by atoms with E-state index < -0.39 is 54.7 Å². The Morgan fingerprint density at radius 2 is 1.62 bits per heavy atom. The van der Waals surface area contributed by atoms with Crippen LogP contribution in [0, 0.1) is 50.2 Å². The van der Waals surface area contributed by atoms with Crippen molar-refractivity contribution in [1.29, 1.82) is 0 Å². The van der Waals surface area contributed by atoms with Gasteiger partial charge in [0.05, 0.1) is 18.8 Å². The van der Waals surface area contributed by atoms with Crippen molar-refractivity contribution in [3.05, 3.63) is 11.6 Å². The topological polar surface area (TPSA) is 166 Å². The van der Waals surface area contributed by atoms with E-state index in [1.165, 1.54) is 12.5 Å². The number of hydrogen-bond acceptors (Lipinski definition) is 8. The van der Waals surface area contributed by atoms with Crippen molar-refractivity contribution in [3.8, 4) is 0 Å². The second-order valence-electron chi connectivity index (χ2n) is 18.7. The Bertz CT molecular complexity index is 1330. The second-order valence-corrected chi connectivity index (χ2v) is 18.7. The van der Waals surface area contributed by atoms with Crippen LogP contribution < -0.4 is 5.32 Å². The van der Waals surface area contributed by atoms with Gasteiger partial charge < -0.3 is 40.3 Å². The lowest BCUT2D eigenvalue weighted by Gasteiger charge is -2.71. The van der Waals surface area contributed by atoms with Crippen molar-refractivity contribution in [2.75, 3.05) is 6.61 Å². The van der Waals surface area contributed by atoms with Crippen molar-refractivity contribution >= 4 is 11.9 Å². The summed E-state index contributed by atoms with van der Waals surface area (Å²) in [5.41, 5.74) is -0.648. The standard InChI is InChI=1S/C38H61NO9/c1-20(41)39-28-30(44)29(43)23(19-40)47-31(28)48-27-12-13-35(6)24(34(27,4)5)11-14-36(7)25(35)10-9-21-22-17-33(2,3)15-16-38(22,32(45)46)26(42)18-37(21,36)8/h9,22-31,40,42-44H,10-19H2,1-8H3,(H,39,41)(H,45,46)/t22-,23-,24+,25-,26-,27+,28-,29-,30-,31+,35+,36-,37-,38-/m1/s1. The van der Waals surface area contributed by atoms with E-state index in [1.807, 2.05) is 0 Å². The lowest BCUT2D eigenvalue weighted by atomic mass is 9.33. The molecule has 0 aromatic heterocycles. The first kappa shape index (κ1) is 36.2. The molecule has 6 aliphatic rings. The highest BCUT2D eigenvalue weighted by Crippen LogP contribution is 2.76. The lowest BCUT2D eigenvalue weighted by molar-refractivity contribution is -0.307. The van der Waals surface area contributed by atoms with Crippen LogP contribution >= 0.6 is 0 Å². The van der Waals surface area contributed by atoms with E-state index >= 15 is 0 Å². The first-order chi connectivity index (χ1) is 22.2. The van der Waals surface area contributed by atoms with Gasteiger partial charge >= 0.3 is 5.97 Å². The first-order valence-corrected chi connectivity index (χ1v) is 18.4. The normalized spacial score (nSPS) is 50.9. The fourth-order valence-corrected chi connectivity index (χ4v) is 12.7. The Morgan fingerprint density at radius 1 is 0.938 bits per heavy atom. The summed E-state index contributed by atoms with van der Waals surface area (Å²) in [6.07, 6.45) is 3.42. The van der Waals surface area contributed by atoms with Gasteiger partial charge in [-0.2, -0.15) is 0 Å². The summed E-state index contributed by atoms with van der Waals surface area (Å²) < 4.78 is 12.7. The van der Waals surface area contributed by atoms with Crippen molar-refractivity contribution in [2.45, 2.75) is 156 Å². The number of fused-ring (bicyclic) bond motifs is 7. The number of amides is 1. The first-order valence-electron chi connectivity index (χ1n) is 18.4. The molecule has 0 radical (unpaired) electrons. The van der Waals surface area contributed by atoms with Crippen molar-refractivity contribution in [2.24, 2.45) is 50.2 Å². The molecule has 1 saturated heterocycles. The molecule has 6 N–H and O–H groups in total. The molecule has 5 aliphatic carbocycles. The van der Waals surface area contributed by atoms with Gasteiger partial charge in [0.2, 0.25) is 5.91 Å². The van der Waals surface area contributed by atoms with Gasteiger partial charge in [0.1, 0.15) is 29.8 Å². The highest BCUT2D eigenvalue weighted by atomic mass is 16.7. The Balaban J connectivity index is 1.31. The Morgan fingerprint density at radius 3 is 2.25 bits per heavy atom. The predicted molar refractivity (Wildman–Crippen MR) is 178 cm³/mol. The summed E-state index contributed by atoms with van der Waals surface area (Å²) in [4.78, 5) is 25.1. The predicted octanol–water partition coefficient (Wildman–Crippen LogP) is 4.17. The zero-order valence-electron chi connectivity index (χ0n) is 30.3. The smallest absolute Gasteiger partial charge is 0.312 e. The Kier molecular flexibility index (Phi) is 8.86. The van der Waals surface area contributed by atoms with Crippen LogP contribution in [0.2, 0.25) is 0 Å². The van der Waals surface area contributed by atoms with E-state index in [4.69, 9.17) is 9.47 Å². The summed E-state index contributed by atoms with van der Waals surface area (Å²) in [7, 11) is 0. The molecule has 1 aliphatic heterocycles. The number of aliphatic hydroxyl groups excluding tert-OH is 4. The number of allylic oxidation sites excluding steroid dienone is 2. The van der Waals surface area contributed by atoms with Crippen LogP contribution in [-0.4, -0.2) is 86.9 Å². The summed E-state index contributed by atoms with van der Waals surface area (Å²) in [5.74, 6) is -0.798. The van der Waals surface area contributed by atoms with Gasteiger partial charge in [-0.05, 0) is 103 Å². The van der Waals surface area contributed by atoms with E-state index in [1.54, 1.807) is 0 Å². The highest BCUT2D eigenvalue weighted by Gasteiger charge is 2.71. The summed E-state index contributed by atoms with van der Waals surface area (Å²) in [5, 5.41) is 56.6. The van der Waals surface area contributed by atoms with Crippen LogP contribution in [0.1, 0.15) is 113 Å². The quantitative estimate of drug-likeness (QED) is 0.185. The zero-order valence-corrected chi connectivity index (χ0v) is 30.3. The largest absolute Gasteiger partial charge is 0.481 e. The molecule has 4 saturated carbocycles. The van der Waals surface area contributed by atoms with Crippen LogP contribution in [0.15, 0.2) is 11.6 Å². The molecule has 0 aromatic rings. The number of nitrogens with one attached hydrogen (secondary N) is 1. The lowest BCUT2D eigenvalue weighted by Crippen LogP contribution is -2.68. The maximum Gasteiger partial charge on any atom is 0.312 e. The summed E-state index contributed by atoms with van der Waals surface area (Å²) in [6, 6.07) is -0.985. The van der Waals surface area contributed by atoms with E-state index in [9.17, 15) is 35.1 Å². The number of carbonyl (C=O) groups excluding carboxylic acids is 1. The van der Waals surface area contributed by atoms with Crippen LogP contribution in [0.3, 0.4) is 0 Å². The van der Waals surface area contributed by atoms with Gasteiger partial charge in [-0.25, -0.2) is 0 Å². The molecule has 48 heavy (non-hydrogen) atoms. The minimum Gasteiger partial charge on any atom is -0.481 e. The molecule has 0 aromatic carbocycles. The van der Waals surface area contributed by atoms with Crippen LogP contribution in [-0.2, 0) is 19.1 Å². The fraction of sp³-hybridized carbons (Fsp3) is 0.895. The molecule has 14 atom stereocenters. The number of aliphatic hydroxyl groups is 4. The number of carbonyl (C=O) groups is 2. The number of rotatable bonds is 5. The summed E-state index contributed by atoms with van der Waals surface area (Å²) in [6.45, 7) is 17.0. The zero-order chi connectivity index (χ0) is 35.4. The van der Waals surface area contributed by atoms with Gasteiger partial charge in [-0.1, -0.05) is 60.1 Å². The Labute approximate surface area is 286 Å². The highest BCUT2D eigenvalue weighted by molar-refractivity contribution is 5.77. The number of carboxylic acids is 1. The molecule has 272 valence electrons. The van der Waals surface area contributed by atoms with Crippen LogP contribution in [0.5, 0.6) is 0 Å². The molecule has 0 unspecified atom stereocenters. The molecular formula is C38H61NO9. The van der Waals surface area contributed by atoms with E-state index in [0.29, 0.717) is 18.8 Å². The average Bonchev–Trinajstić information content (AvgIpc) is 2.97. The fourth-order valence-electron chi connectivity index (χ4n) is 12.7. The third-order valence-corrected chi connectivity index (χ3v) is 15.6. The number of ether oxygens (including phenoxy) is 2. The SMILES string of the molecule is CC(=O)N[C@H]1[C@H](O[C@H]2CC[C@]3(C)[C@H]4CC=C5[C@H]6CC(C)(C)CC[C@]6(C(=O)O)[C@H](O)C[C@@]5(C)[C@]4(C)CC[C@H]3C2(C)C)O[C@H](CO)[C@@H](O)[C@@H]1O. The average molecular weight is 676 g/mol. The van der Waals surface area contributed by atoms with Gasteiger partial charge in [-0.15, -0.1) is 0 Å². The molecule has 10 heteroatoms. The van der Waals surface area contributed by atoms with Crippen molar-refractivity contribution in [1.82, 2.24) is 5.32 Å².